The van der Waals surface area contributed by atoms with Crippen molar-refractivity contribution >= 4 is 11.9 Å². The third kappa shape index (κ3) is 3.37. The number of carbonyl (C=O) groups excluding carboxylic acids is 1. The number of benzene rings is 1. The summed E-state index contributed by atoms with van der Waals surface area (Å²) in [5, 5.41) is 10.0. The van der Waals surface area contributed by atoms with Crippen LogP contribution in [0.25, 0.3) is 0 Å². The Labute approximate surface area is 165 Å². The molecule has 0 unspecified atom stereocenters. The standard InChI is InChI=1S/C23H26O5/c1-15(20(24)27-4)10-19-22(2,3)23(19,21(25)26)13-17-12-18(28-14-17)11-16-8-6-5-7-9-16/h5-10,12,14,19H,11,13H2,1-4H3,(H,25,26)/b15-10+/t19-,23+/m1/s1. The van der Waals surface area contributed by atoms with E-state index in [1.165, 1.54) is 7.11 Å². The molecule has 0 bridgehead atoms. The molecule has 28 heavy (non-hydrogen) atoms. The summed E-state index contributed by atoms with van der Waals surface area (Å²) in [5.74, 6) is -0.750. The van der Waals surface area contributed by atoms with Gasteiger partial charge in [-0.3, -0.25) is 4.79 Å². The molecule has 148 valence electrons. The molecule has 0 saturated heterocycles. The average molecular weight is 382 g/mol. The maximum absolute atomic E-state index is 12.3. The van der Waals surface area contributed by atoms with Crippen LogP contribution in [0.3, 0.4) is 0 Å². The largest absolute Gasteiger partial charge is 0.481 e. The van der Waals surface area contributed by atoms with E-state index in [2.05, 4.69) is 0 Å². The molecule has 5 nitrogen and oxygen atoms in total. The molecule has 1 aromatic heterocycles. The molecule has 1 aliphatic rings. The van der Waals surface area contributed by atoms with E-state index in [1.54, 1.807) is 19.3 Å². The Morgan fingerprint density at radius 3 is 2.50 bits per heavy atom. The topological polar surface area (TPSA) is 76.7 Å². The lowest BCUT2D eigenvalue weighted by Crippen LogP contribution is -2.24. The Hall–Kier alpha value is -2.82. The van der Waals surface area contributed by atoms with E-state index < -0.39 is 22.8 Å². The number of hydrogen-bond donors (Lipinski definition) is 1. The van der Waals surface area contributed by atoms with Crippen molar-refractivity contribution in [1.29, 1.82) is 0 Å². The van der Waals surface area contributed by atoms with Crippen molar-refractivity contribution in [3.63, 3.8) is 0 Å². The monoisotopic (exact) mass is 382 g/mol. The summed E-state index contributed by atoms with van der Waals surface area (Å²) in [4.78, 5) is 24.0. The van der Waals surface area contributed by atoms with E-state index in [9.17, 15) is 14.7 Å². The number of aliphatic carboxylic acids is 1. The Kier molecular flexibility index (Phi) is 5.20. The second-order valence-electron chi connectivity index (χ2n) is 8.08. The lowest BCUT2D eigenvalue weighted by Gasteiger charge is -2.14. The molecule has 0 amide bonds. The number of methoxy groups -OCH3 is 1. The van der Waals surface area contributed by atoms with Crippen LogP contribution in [0, 0.1) is 16.7 Å². The van der Waals surface area contributed by atoms with Crippen molar-refractivity contribution in [3.8, 4) is 0 Å². The summed E-state index contributed by atoms with van der Waals surface area (Å²) in [5.41, 5.74) is 0.965. The van der Waals surface area contributed by atoms with E-state index in [-0.39, 0.29) is 5.92 Å². The van der Waals surface area contributed by atoms with Gasteiger partial charge < -0.3 is 14.3 Å². The van der Waals surface area contributed by atoms with E-state index in [0.717, 1.165) is 16.9 Å². The van der Waals surface area contributed by atoms with Gasteiger partial charge in [0.15, 0.2) is 0 Å². The molecule has 1 aliphatic carbocycles. The SMILES string of the molecule is COC(=O)/C(C)=C/[C@@H]1C(C)(C)[C@]1(Cc1coc(Cc2ccccc2)c1)C(=O)O. The van der Waals surface area contributed by atoms with Gasteiger partial charge in [0.1, 0.15) is 5.76 Å². The smallest absolute Gasteiger partial charge is 0.333 e. The average Bonchev–Trinajstić information content (AvgIpc) is 2.95. The highest BCUT2D eigenvalue weighted by atomic mass is 16.5. The second kappa shape index (κ2) is 7.30. The van der Waals surface area contributed by atoms with Crippen LogP contribution in [0.4, 0.5) is 0 Å². The Morgan fingerprint density at radius 2 is 1.89 bits per heavy atom. The second-order valence-corrected chi connectivity index (χ2v) is 8.08. The summed E-state index contributed by atoms with van der Waals surface area (Å²) >= 11 is 0. The molecular formula is C23H26O5. The van der Waals surface area contributed by atoms with Gasteiger partial charge in [0, 0.05) is 17.9 Å². The van der Waals surface area contributed by atoms with E-state index in [1.807, 2.05) is 50.2 Å². The zero-order chi connectivity index (χ0) is 20.5. The van der Waals surface area contributed by atoms with E-state index >= 15 is 0 Å². The third-order valence-electron chi connectivity index (χ3n) is 6.09. The molecule has 1 heterocycles. The summed E-state index contributed by atoms with van der Waals surface area (Å²) in [6, 6.07) is 11.9. The first-order valence-electron chi connectivity index (χ1n) is 9.32. The fraction of sp³-hybridized carbons (Fsp3) is 0.391. The molecular weight excluding hydrogens is 356 g/mol. The van der Waals surface area contributed by atoms with Gasteiger partial charge in [-0.15, -0.1) is 0 Å². The van der Waals surface area contributed by atoms with Gasteiger partial charge in [-0.25, -0.2) is 4.79 Å². The van der Waals surface area contributed by atoms with Crippen LogP contribution in [0.1, 0.15) is 37.7 Å². The summed E-state index contributed by atoms with van der Waals surface area (Å²) in [6.45, 7) is 5.51. The zero-order valence-electron chi connectivity index (χ0n) is 16.7. The first-order chi connectivity index (χ1) is 13.2. The molecule has 1 N–H and O–H groups in total. The van der Waals surface area contributed by atoms with Gasteiger partial charge in [0.2, 0.25) is 0 Å². The van der Waals surface area contributed by atoms with Gasteiger partial charge in [-0.05, 0) is 36.0 Å². The van der Waals surface area contributed by atoms with Crippen molar-refractivity contribution in [1.82, 2.24) is 0 Å². The minimum Gasteiger partial charge on any atom is -0.481 e. The van der Waals surface area contributed by atoms with Crippen LogP contribution in [-0.4, -0.2) is 24.2 Å². The van der Waals surface area contributed by atoms with Gasteiger partial charge in [-0.1, -0.05) is 50.3 Å². The minimum atomic E-state index is -0.976. The van der Waals surface area contributed by atoms with Crippen LogP contribution in [0.5, 0.6) is 0 Å². The molecule has 3 rings (SSSR count). The molecule has 1 saturated carbocycles. The summed E-state index contributed by atoms with van der Waals surface area (Å²) in [7, 11) is 1.32. The maximum atomic E-state index is 12.3. The van der Waals surface area contributed by atoms with Crippen LogP contribution in [0.2, 0.25) is 0 Å². The van der Waals surface area contributed by atoms with Gasteiger partial charge in [0.05, 0.1) is 18.8 Å². The van der Waals surface area contributed by atoms with E-state index in [4.69, 9.17) is 9.15 Å². The number of ether oxygens (including phenoxy) is 1. The van der Waals surface area contributed by atoms with Crippen molar-refractivity contribution < 1.29 is 23.8 Å². The van der Waals surface area contributed by atoms with Crippen molar-refractivity contribution in [2.75, 3.05) is 7.11 Å². The van der Waals surface area contributed by atoms with Gasteiger partial charge >= 0.3 is 11.9 Å². The van der Waals surface area contributed by atoms with E-state index in [0.29, 0.717) is 18.4 Å². The Morgan fingerprint density at radius 1 is 1.21 bits per heavy atom. The number of hydrogen-bond acceptors (Lipinski definition) is 4. The number of allylic oxidation sites excluding steroid dienone is 1. The van der Waals surface area contributed by atoms with Gasteiger partial charge in [-0.2, -0.15) is 0 Å². The molecule has 0 spiro atoms. The minimum absolute atomic E-state index is 0.260. The molecule has 2 atom stereocenters. The van der Waals surface area contributed by atoms with Crippen molar-refractivity contribution in [3.05, 3.63) is 71.2 Å². The predicted molar refractivity (Wildman–Crippen MR) is 105 cm³/mol. The number of furan rings is 1. The Bertz CT molecular complexity index is 906. The number of rotatable bonds is 7. The zero-order valence-corrected chi connectivity index (χ0v) is 16.7. The number of carboxylic acids is 1. The van der Waals surface area contributed by atoms with Crippen LogP contribution < -0.4 is 0 Å². The number of esters is 1. The molecule has 0 radical (unpaired) electrons. The molecule has 1 aromatic carbocycles. The number of carbonyl (C=O) groups is 2. The van der Waals surface area contributed by atoms with Gasteiger partial charge in [0.25, 0.3) is 0 Å². The van der Waals surface area contributed by atoms with Crippen LogP contribution in [-0.2, 0) is 27.2 Å². The first-order valence-corrected chi connectivity index (χ1v) is 9.32. The quantitative estimate of drug-likeness (QED) is 0.572. The fourth-order valence-corrected chi connectivity index (χ4v) is 4.28. The highest BCUT2D eigenvalue weighted by Crippen LogP contribution is 2.71. The van der Waals surface area contributed by atoms with Crippen LogP contribution in [0.15, 0.2) is 58.7 Å². The summed E-state index contributed by atoms with van der Waals surface area (Å²) in [6.07, 6.45) is 4.40. The number of carboxylic acid groups (broad SMARTS) is 1. The highest BCUT2D eigenvalue weighted by Gasteiger charge is 2.74. The Balaban J connectivity index is 1.82. The maximum Gasteiger partial charge on any atom is 0.333 e. The van der Waals surface area contributed by atoms with Crippen molar-refractivity contribution in [2.45, 2.75) is 33.6 Å². The molecule has 0 aliphatic heterocycles. The third-order valence-corrected chi connectivity index (χ3v) is 6.09. The molecule has 2 aromatic rings. The lowest BCUT2D eigenvalue weighted by molar-refractivity contribution is -0.145. The normalized spacial score (nSPS) is 23.3. The van der Waals surface area contributed by atoms with Crippen LogP contribution >= 0.6 is 0 Å². The molecule has 5 heteroatoms. The highest BCUT2D eigenvalue weighted by molar-refractivity contribution is 5.89. The molecule has 1 fully saturated rings. The summed E-state index contributed by atoms with van der Waals surface area (Å²) < 4.78 is 10.4. The first kappa shape index (κ1) is 19.9. The van der Waals surface area contributed by atoms with Crippen molar-refractivity contribution in [2.24, 2.45) is 16.7 Å². The fourth-order valence-electron chi connectivity index (χ4n) is 4.28. The predicted octanol–water partition coefficient (Wildman–Crippen LogP) is 4.26. The lowest BCUT2D eigenvalue weighted by atomic mass is 9.89.